The molecule has 1 N–H and O–H groups in total. The average Bonchev–Trinajstić information content (AvgIpc) is 2.27. The van der Waals surface area contributed by atoms with Crippen LogP contribution in [-0.4, -0.2) is 36.2 Å². The maximum absolute atomic E-state index is 11.7. The Bertz CT molecular complexity index is 594. The molecule has 1 aromatic rings. The summed E-state index contributed by atoms with van der Waals surface area (Å²) in [6.07, 6.45) is 0. The van der Waals surface area contributed by atoms with Crippen molar-refractivity contribution >= 4 is 29.8 Å². The van der Waals surface area contributed by atoms with Gasteiger partial charge in [0.2, 0.25) is 19.1 Å². The summed E-state index contributed by atoms with van der Waals surface area (Å²) in [6.45, 7) is -0.278. The lowest BCUT2D eigenvalue weighted by molar-refractivity contribution is 0.414. The molecule has 0 aliphatic carbocycles. The number of methoxy groups -OCH3 is 1. The first-order chi connectivity index (χ1) is 8.24. The molecule has 0 bridgehead atoms. The highest BCUT2D eigenvalue weighted by molar-refractivity contribution is 8.13. The fraction of sp³-hybridized carbons (Fsp3) is 0.333. The fourth-order valence-electron chi connectivity index (χ4n) is 1.14. The third-order valence-corrected chi connectivity index (χ3v) is 4.64. The molecule has 0 radical (unpaired) electrons. The molecule has 0 aliphatic rings. The molecule has 0 spiro atoms. The van der Waals surface area contributed by atoms with Gasteiger partial charge in [-0.15, -0.1) is 0 Å². The number of rotatable bonds is 6. The van der Waals surface area contributed by atoms with Crippen molar-refractivity contribution in [2.24, 2.45) is 0 Å². The summed E-state index contributed by atoms with van der Waals surface area (Å²) < 4.78 is 51.8. The van der Waals surface area contributed by atoms with Gasteiger partial charge >= 0.3 is 0 Å². The lowest BCUT2D eigenvalue weighted by Crippen LogP contribution is -2.28. The fourth-order valence-corrected chi connectivity index (χ4v) is 2.87. The number of hydrogen-bond donors (Lipinski definition) is 1. The molecule has 9 heteroatoms. The quantitative estimate of drug-likeness (QED) is 0.774. The Kier molecular flexibility index (Phi) is 4.97. The third kappa shape index (κ3) is 4.81. The molecule has 1 rings (SSSR count). The van der Waals surface area contributed by atoms with Crippen LogP contribution in [0.2, 0.25) is 0 Å². The second-order valence-electron chi connectivity index (χ2n) is 3.32. The second-order valence-corrected chi connectivity index (χ2v) is 7.98. The molecule has 18 heavy (non-hydrogen) atoms. The van der Waals surface area contributed by atoms with E-state index >= 15 is 0 Å². The van der Waals surface area contributed by atoms with Crippen molar-refractivity contribution in [3.05, 3.63) is 24.3 Å². The number of sulfonamides is 1. The van der Waals surface area contributed by atoms with Crippen LogP contribution in [0.1, 0.15) is 0 Å². The Morgan fingerprint density at radius 2 is 1.72 bits per heavy atom. The lowest BCUT2D eigenvalue weighted by atomic mass is 10.3. The molecular weight excluding hydrogens is 302 g/mol. The number of hydrogen-bond acceptors (Lipinski definition) is 5. The largest absolute Gasteiger partial charge is 0.497 e. The van der Waals surface area contributed by atoms with E-state index < -0.39 is 24.8 Å². The van der Waals surface area contributed by atoms with Gasteiger partial charge in [-0.3, -0.25) is 0 Å². The SMILES string of the molecule is COc1ccc(S(=O)(=O)NCCS(=O)(=O)Cl)cc1. The van der Waals surface area contributed by atoms with E-state index in [0.29, 0.717) is 5.75 Å². The molecule has 0 atom stereocenters. The highest BCUT2D eigenvalue weighted by Gasteiger charge is 2.15. The number of halogens is 1. The second kappa shape index (κ2) is 5.87. The van der Waals surface area contributed by atoms with Gasteiger partial charge in [-0.2, -0.15) is 0 Å². The van der Waals surface area contributed by atoms with Crippen molar-refractivity contribution in [3.8, 4) is 5.75 Å². The molecular formula is C9H12ClNO5S2. The Labute approximate surface area is 110 Å². The van der Waals surface area contributed by atoms with E-state index in [1.54, 1.807) is 0 Å². The number of benzene rings is 1. The van der Waals surface area contributed by atoms with Crippen molar-refractivity contribution in [1.82, 2.24) is 4.72 Å². The highest BCUT2D eigenvalue weighted by atomic mass is 35.7. The zero-order valence-corrected chi connectivity index (χ0v) is 11.8. The van der Waals surface area contributed by atoms with E-state index in [1.165, 1.54) is 31.4 Å². The van der Waals surface area contributed by atoms with E-state index in [4.69, 9.17) is 15.4 Å². The van der Waals surface area contributed by atoms with Crippen LogP contribution in [0.25, 0.3) is 0 Å². The van der Waals surface area contributed by atoms with E-state index in [0.717, 1.165) is 0 Å². The lowest BCUT2D eigenvalue weighted by Gasteiger charge is -2.06. The minimum absolute atomic E-state index is 0.0234. The van der Waals surface area contributed by atoms with Crippen molar-refractivity contribution in [3.63, 3.8) is 0 Å². The van der Waals surface area contributed by atoms with Crippen LogP contribution in [-0.2, 0) is 19.1 Å². The van der Waals surface area contributed by atoms with Crippen LogP contribution in [0.4, 0.5) is 0 Å². The summed E-state index contributed by atoms with van der Waals surface area (Å²) in [7, 11) is -1.02. The van der Waals surface area contributed by atoms with Gasteiger partial charge in [0.05, 0.1) is 17.8 Å². The summed E-state index contributed by atoms with van der Waals surface area (Å²) in [5, 5.41) is 0. The monoisotopic (exact) mass is 313 g/mol. The first-order valence-corrected chi connectivity index (χ1v) is 8.77. The van der Waals surface area contributed by atoms with Crippen molar-refractivity contribution in [2.75, 3.05) is 19.4 Å². The van der Waals surface area contributed by atoms with Crippen molar-refractivity contribution in [2.45, 2.75) is 4.90 Å². The zero-order valence-electron chi connectivity index (χ0n) is 9.46. The first-order valence-electron chi connectivity index (χ1n) is 4.81. The summed E-state index contributed by atoms with van der Waals surface area (Å²) in [4.78, 5) is 0.0234. The van der Waals surface area contributed by atoms with Crippen LogP contribution in [0, 0.1) is 0 Å². The normalized spacial score (nSPS) is 12.3. The molecule has 0 saturated heterocycles. The minimum atomic E-state index is -3.74. The molecule has 1 aromatic carbocycles. The van der Waals surface area contributed by atoms with Crippen LogP contribution >= 0.6 is 10.7 Å². The van der Waals surface area contributed by atoms with Crippen LogP contribution in [0.15, 0.2) is 29.2 Å². The first kappa shape index (κ1) is 15.2. The van der Waals surface area contributed by atoms with E-state index in [2.05, 4.69) is 4.72 Å². The third-order valence-electron chi connectivity index (χ3n) is 2.01. The molecule has 0 aliphatic heterocycles. The van der Waals surface area contributed by atoms with E-state index in [-0.39, 0.29) is 11.4 Å². The Balaban J connectivity index is 2.74. The standard InChI is InChI=1S/C9H12ClNO5S2/c1-16-8-2-4-9(5-3-8)18(14,15)11-6-7-17(10,12)13/h2-5,11H,6-7H2,1H3. The van der Waals surface area contributed by atoms with Gasteiger partial charge in [0.15, 0.2) is 0 Å². The van der Waals surface area contributed by atoms with Gasteiger partial charge in [-0.25, -0.2) is 21.6 Å². The van der Waals surface area contributed by atoms with Gasteiger partial charge in [0.1, 0.15) is 5.75 Å². The Morgan fingerprint density at radius 3 is 2.17 bits per heavy atom. The predicted octanol–water partition coefficient (Wildman–Crippen LogP) is 0.542. The van der Waals surface area contributed by atoms with Crippen LogP contribution in [0.5, 0.6) is 5.75 Å². The Hall–Kier alpha value is -0.830. The molecule has 0 aromatic heterocycles. The summed E-state index contributed by atoms with van der Waals surface area (Å²) in [5.74, 6) is 0.0570. The summed E-state index contributed by atoms with van der Waals surface area (Å²) >= 11 is 0. The molecule has 0 saturated carbocycles. The maximum Gasteiger partial charge on any atom is 0.240 e. The number of ether oxygens (including phenoxy) is 1. The molecule has 6 nitrogen and oxygen atoms in total. The smallest absolute Gasteiger partial charge is 0.240 e. The average molecular weight is 314 g/mol. The summed E-state index contributed by atoms with van der Waals surface area (Å²) in [5.41, 5.74) is 0. The number of nitrogens with one attached hydrogen (secondary N) is 1. The molecule has 102 valence electrons. The van der Waals surface area contributed by atoms with Crippen molar-refractivity contribution < 1.29 is 21.6 Å². The maximum atomic E-state index is 11.7. The summed E-state index contributed by atoms with van der Waals surface area (Å²) in [6, 6.07) is 5.70. The minimum Gasteiger partial charge on any atom is -0.497 e. The predicted molar refractivity (Wildman–Crippen MR) is 67.8 cm³/mol. The zero-order chi connectivity index (χ0) is 13.8. The Morgan fingerprint density at radius 1 is 1.17 bits per heavy atom. The van der Waals surface area contributed by atoms with Crippen LogP contribution in [0.3, 0.4) is 0 Å². The van der Waals surface area contributed by atoms with Crippen LogP contribution < -0.4 is 9.46 Å². The molecule has 0 amide bonds. The van der Waals surface area contributed by atoms with Gasteiger partial charge in [-0.05, 0) is 24.3 Å². The highest BCUT2D eigenvalue weighted by Crippen LogP contribution is 2.15. The molecule has 0 unspecified atom stereocenters. The van der Waals surface area contributed by atoms with Gasteiger partial charge in [-0.1, -0.05) is 0 Å². The molecule has 0 heterocycles. The van der Waals surface area contributed by atoms with Gasteiger partial charge < -0.3 is 4.74 Å². The van der Waals surface area contributed by atoms with Gasteiger partial charge in [0.25, 0.3) is 0 Å². The topological polar surface area (TPSA) is 89.5 Å². The van der Waals surface area contributed by atoms with Crippen molar-refractivity contribution in [1.29, 1.82) is 0 Å². The van der Waals surface area contributed by atoms with E-state index in [1.807, 2.05) is 0 Å². The molecule has 0 fully saturated rings. The van der Waals surface area contributed by atoms with E-state index in [9.17, 15) is 16.8 Å². The van der Waals surface area contributed by atoms with Gasteiger partial charge in [0, 0.05) is 17.2 Å².